The number of hydrogen-bond acceptors (Lipinski definition) is 1. The van der Waals surface area contributed by atoms with Crippen molar-refractivity contribution in [2.45, 2.75) is 0 Å². The van der Waals surface area contributed by atoms with Crippen LogP contribution in [0.1, 0.15) is 0 Å². The zero-order valence-corrected chi connectivity index (χ0v) is 22.5. The van der Waals surface area contributed by atoms with Gasteiger partial charge in [0.1, 0.15) is 0 Å². The summed E-state index contributed by atoms with van der Waals surface area (Å²) in [4.78, 5) is 0. The topological polar surface area (TPSA) is 4.93 Å². The van der Waals surface area contributed by atoms with E-state index in [9.17, 15) is 0 Å². The summed E-state index contributed by atoms with van der Waals surface area (Å²) < 4.78 is 5.19. The van der Waals surface area contributed by atoms with Crippen LogP contribution in [-0.2, 0) is 0 Å². The van der Waals surface area contributed by atoms with E-state index in [0.29, 0.717) is 0 Å². The van der Waals surface area contributed by atoms with E-state index in [1.807, 2.05) is 11.3 Å². The molecule has 40 heavy (non-hydrogen) atoms. The van der Waals surface area contributed by atoms with E-state index in [1.54, 1.807) is 0 Å². The lowest BCUT2D eigenvalue weighted by atomic mass is 10.0. The zero-order valence-electron chi connectivity index (χ0n) is 21.6. The Balaban J connectivity index is 1.51. The van der Waals surface area contributed by atoms with Gasteiger partial charge in [0.25, 0.3) is 0 Å². The predicted octanol–water partition coefficient (Wildman–Crippen LogP) is 11.1. The summed E-state index contributed by atoms with van der Waals surface area (Å²) >= 11 is 1.93. The lowest BCUT2D eigenvalue weighted by Crippen LogP contribution is -1.95. The molecule has 0 atom stereocenters. The second-order valence-corrected chi connectivity index (χ2v) is 11.5. The van der Waals surface area contributed by atoms with E-state index in [-0.39, 0.29) is 0 Å². The van der Waals surface area contributed by atoms with Crippen LogP contribution >= 0.6 is 11.3 Å². The van der Waals surface area contributed by atoms with Crippen LogP contribution in [-0.4, -0.2) is 4.57 Å². The van der Waals surface area contributed by atoms with Crippen molar-refractivity contribution < 1.29 is 0 Å². The molecule has 0 saturated carbocycles. The van der Waals surface area contributed by atoms with E-state index in [0.717, 1.165) is 0 Å². The van der Waals surface area contributed by atoms with Crippen LogP contribution in [0.2, 0.25) is 0 Å². The van der Waals surface area contributed by atoms with Crippen molar-refractivity contribution >= 4 is 74.9 Å². The number of benzene rings is 7. The van der Waals surface area contributed by atoms with Crippen molar-refractivity contribution in [1.29, 1.82) is 0 Å². The van der Waals surface area contributed by atoms with Crippen molar-refractivity contribution in [3.63, 3.8) is 0 Å². The van der Waals surface area contributed by atoms with Crippen LogP contribution in [0.3, 0.4) is 0 Å². The molecule has 186 valence electrons. The van der Waals surface area contributed by atoms with Crippen LogP contribution < -0.4 is 0 Å². The minimum atomic E-state index is 1.22. The molecule has 0 aliphatic carbocycles. The van der Waals surface area contributed by atoms with Gasteiger partial charge in [-0.05, 0) is 45.5 Å². The lowest BCUT2D eigenvalue weighted by Gasteiger charge is -2.11. The Kier molecular flexibility index (Phi) is 4.55. The van der Waals surface area contributed by atoms with E-state index in [2.05, 4.69) is 144 Å². The van der Waals surface area contributed by atoms with Crippen molar-refractivity contribution in [3.05, 3.63) is 140 Å². The summed E-state index contributed by atoms with van der Waals surface area (Å²) in [5, 5.41) is 10.4. The second kappa shape index (κ2) is 8.29. The maximum atomic E-state index is 2.49. The van der Waals surface area contributed by atoms with Crippen molar-refractivity contribution in [2.24, 2.45) is 0 Å². The highest BCUT2D eigenvalue weighted by atomic mass is 32.1. The van der Waals surface area contributed by atoms with Gasteiger partial charge < -0.3 is 4.57 Å². The molecule has 0 saturated heterocycles. The third-order valence-electron chi connectivity index (χ3n) is 8.38. The van der Waals surface area contributed by atoms with Gasteiger partial charge in [-0.1, -0.05) is 121 Å². The fourth-order valence-electron chi connectivity index (χ4n) is 6.63. The number of thiophene rings is 1. The van der Waals surface area contributed by atoms with Gasteiger partial charge in [-0.2, -0.15) is 0 Å². The summed E-state index contributed by atoms with van der Waals surface area (Å²) in [7, 11) is 0. The Bertz CT molecular complexity index is 2420. The average molecular weight is 526 g/mol. The normalized spacial score (nSPS) is 12.0. The Morgan fingerprint density at radius 2 is 1.02 bits per heavy atom. The van der Waals surface area contributed by atoms with Crippen LogP contribution in [0.15, 0.2) is 140 Å². The summed E-state index contributed by atoms with van der Waals surface area (Å²) in [6.07, 6.45) is 0. The fourth-order valence-corrected chi connectivity index (χ4v) is 8.01. The molecule has 2 heteroatoms. The number of hydrogen-bond donors (Lipinski definition) is 0. The monoisotopic (exact) mass is 525 g/mol. The van der Waals surface area contributed by atoms with Gasteiger partial charge in [0.15, 0.2) is 0 Å². The van der Waals surface area contributed by atoms with Gasteiger partial charge in [0, 0.05) is 36.3 Å². The molecule has 2 heterocycles. The zero-order chi connectivity index (χ0) is 26.2. The molecular weight excluding hydrogens is 502 g/mol. The van der Waals surface area contributed by atoms with E-state index >= 15 is 0 Å². The second-order valence-electron chi connectivity index (χ2n) is 10.5. The largest absolute Gasteiger partial charge is 0.309 e. The molecule has 1 nitrogen and oxygen atoms in total. The SMILES string of the molecule is c1ccc(-c2cccc3c2sc2c3ccc3c2c2c4ccccc4ccc2n3-c2cccc3ccccc23)cc1. The van der Waals surface area contributed by atoms with E-state index in [1.165, 1.54) is 80.3 Å². The minimum absolute atomic E-state index is 1.22. The molecule has 0 amide bonds. The molecule has 0 unspecified atom stereocenters. The molecule has 7 aromatic carbocycles. The number of rotatable bonds is 2. The Morgan fingerprint density at radius 3 is 1.90 bits per heavy atom. The van der Waals surface area contributed by atoms with Crippen molar-refractivity contribution in [1.82, 2.24) is 4.57 Å². The smallest absolute Gasteiger partial charge is 0.0556 e. The molecular formula is C38H23NS. The van der Waals surface area contributed by atoms with Gasteiger partial charge in [0.2, 0.25) is 0 Å². The molecule has 0 radical (unpaired) electrons. The first-order chi connectivity index (χ1) is 19.9. The summed E-state index contributed by atoms with van der Waals surface area (Å²) in [6, 6.07) is 51.0. The molecule has 0 fully saturated rings. The first-order valence-electron chi connectivity index (χ1n) is 13.7. The van der Waals surface area contributed by atoms with E-state index in [4.69, 9.17) is 0 Å². The van der Waals surface area contributed by atoms with E-state index < -0.39 is 0 Å². The summed E-state index contributed by atoms with van der Waals surface area (Å²) in [6.45, 7) is 0. The summed E-state index contributed by atoms with van der Waals surface area (Å²) in [5.74, 6) is 0. The molecule has 0 N–H and O–H groups in total. The van der Waals surface area contributed by atoms with Gasteiger partial charge in [-0.15, -0.1) is 11.3 Å². The maximum absolute atomic E-state index is 2.49. The third kappa shape index (κ3) is 2.97. The predicted molar refractivity (Wildman–Crippen MR) is 174 cm³/mol. The molecule has 0 spiro atoms. The van der Waals surface area contributed by atoms with Crippen molar-refractivity contribution in [3.8, 4) is 16.8 Å². The average Bonchev–Trinajstić information content (AvgIpc) is 3.57. The highest BCUT2D eigenvalue weighted by Crippen LogP contribution is 2.47. The fraction of sp³-hybridized carbons (Fsp3) is 0. The standard InChI is InChI=1S/C38H23NS/c1-2-10-25(11-3-1)29-17-9-18-30-31-21-23-34-36(38(31)40-37(29)30)35-28-16-7-5-13-26(28)20-22-33(35)39(34)32-19-8-14-24-12-4-6-15-27(24)32/h1-23H. The van der Waals surface area contributed by atoms with Gasteiger partial charge in [-0.25, -0.2) is 0 Å². The molecule has 9 rings (SSSR count). The third-order valence-corrected chi connectivity index (χ3v) is 9.65. The Labute approximate surface area is 235 Å². The first kappa shape index (κ1) is 22.0. The van der Waals surface area contributed by atoms with Gasteiger partial charge >= 0.3 is 0 Å². The van der Waals surface area contributed by atoms with Crippen LogP contribution in [0.4, 0.5) is 0 Å². The van der Waals surface area contributed by atoms with Crippen LogP contribution in [0, 0.1) is 0 Å². The first-order valence-corrected chi connectivity index (χ1v) is 14.5. The molecule has 9 aromatic rings. The number of fused-ring (bicyclic) bond motifs is 10. The molecule has 0 aliphatic rings. The Morgan fingerprint density at radius 1 is 0.400 bits per heavy atom. The summed E-state index contributed by atoms with van der Waals surface area (Å²) in [5.41, 5.74) is 6.29. The number of nitrogens with zero attached hydrogens (tertiary/aromatic N) is 1. The van der Waals surface area contributed by atoms with Crippen LogP contribution in [0.5, 0.6) is 0 Å². The maximum Gasteiger partial charge on any atom is 0.0556 e. The minimum Gasteiger partial charge on any atom is -0.309 e. The number of aromatic nitrogens is 1. The molecule has 2 aromatic heterocycles. The van der Waals surface area contributed by atoms with Gasteiger partial charge in [-0.3, -0.25) is 0 Å². The highest BCUT2D eigenvalue weighted by molar-refractivity contribution is 7.27. The molecule has 0 aliphatic heterocycles. The van der Waals surface area contributed by atoms with Gasteiger partial charge in [0.05, 0.1) is 16.7 Å². The Hall–Kier alpha value is -4.92. The highest BCUT2D eigenvalue weighted by Gasteiger charge is 2.21. The lowest BCUT2D eigenvalue weighted by molar-refractivity contribution is 1.20. The molecule has 0 bridgehead atoms. The van der Waals surface area contributed by atoms with Crippen LogP contribution in [0.25, 0.3) is 80.3 Å². The quantitative estimate of drug-likeness (QED) is 0.211. The van der Waals surface area contributed by atoms with Crippen molar-refractivity contribution in [2.75, 3.05) is 0 Å².